The molecule has 0 aliphatic heterocycles. The summed E-state index contributed by atoms with van der Waals surface area (Å²) < 4.78 is 8.10. The smallest absolute Gasteiger partial charge is 0.307 e. The lowest BCUT2D eigenvalue weighted by Crippen LogP contribution is -2.29. The van der Waals surface area contributed by atoms with E-state index in [9.17, 15) is 9.90 Å². The molecule has 2 N–H and O–H groups in total. The number of carboxylic acids is 1. The third kappa shape index (κ3) is 5.49. The number of carbonyl (C=O) groups is 1. The lowest BCUT2D eigenvalue weighted by Gasteiger charge is -2.40. The van der Waals surface area contributed by atoms with Crippen molar-refractivity contribution in [1.29, 1.82) is 0 Å². The Balaban J connectivity index is 1.73. The third-order valence-corrected chi connectivity index (χ3v) is 6.32. The molecule has 1 fully saturated rings. The molecular weight excluding hydrogens is 414 g/mol. The third-order valence-electron chi connectivity index (χ3n) is 6.32. The average Bonchev–Trinajstić information content (AvgIpc) is 3.04. The maximum absolute atomic E-state index is 11.2. The number of ether oxygens (including phenoxy) is 1. The molecule has 2 atom stereocenters. The van der Waals surface area contributed by atoms with Crippen LogP contribution >= 0.6 is 0 Å². The molecule has 1 aliphatic rings. The summed E-state index contributed by atoms with van der Waals surface area (Å²) in [7, 11) is 0. The summed E-state index contributed by atoms with van der Waals surface area (Å²) in [6.45, 7) is 11.1. The highest BCUT2D eigenvalue weighted by molar-refractivity contribution is 5.82. The highest BCUT2D eigenvalue weighted by Crippen LogP contribution is 2.46. The van der Waals surface area contributed by atoms with Crippen molar-refractivity contribution in [1.82, 2.24) is 9.55 Å². The fourth-order valence-corrected chi connectivity index (χ4v) is 5.40. The number of carboxylic acid groups (broad SMARTS) is 1. The van der Waals surface area contributed by atoms with E-state index in [1.54, 1.807) is 0 Å². The van der Waals surface area contributed by atoms with Crippen LogP contribution in [-0.2, 0) is 11.2 Å². The minimum atomic E-state index is -0.835. The standard InChI is InChI=1S/C27H35N3O3/c1-17(2)33-22-9-7-20(8-10-22)28-26-29-23-13-19(14-25(31)32)6-11-24(23)30(26)21-12-18(3)15-27(4,5)16-21/h6-11,13,17-18,21H,12,14-16H2,1-5H3,(H,28,29)(H,31,32)/t18-,21?/m1/s1. The minimum Gasteiger partial charge on any atom is -0.491 e. The van der Waals surface area contributed by atoms with Crippen molar-refractivity contribution < 1.29 is 14.6 Å². The lowest BCUT2D eigenvalue weighted by atomic mass is 9.70. The van der Waals surface area contributed by atoms with Crippen LogP contribution in [0.3, 0.4) is 0 Å². The monoisotopic (exact) mass is 449 g/mol. The zero-order valence-electron chi connectivity index (χ0n) is 20.3. The van der Waals surface area contributed by atoms with Crippen LogP contribution in [0.4, 0.5) is 11.6 Å². The second-order valence-electron chi connectivity index (χ2n) is 10.6. The first-order valence-corrected chi connectivity index (χ1v) is 11.9. The van der Waals surface area contributed by atoms with Gasteiger partial charge in [0.2, 0.25) is 5.95 Å². The Hall–Kier alpha value is -3.02. The first kappa shape index (κ1) is 23.1. The van der Waals surface area contributed by atoms with Gasteiger partial charge in [-0.15, -0.1) is 0 Å². The van der Waals surface area contributed by atoms with Gasteiger partial charge in [0.15, 0.2) is 0 Å². The molecule has 2 aromatic carbocycles. The van der Waals surface area contributed by atoms with Crippen molar-refractivity contribution in [2.24, 2.45) is 11.3 Å². The second kappa shape index (κ2) is 9.08. The van der Waals surface area contributed by atoms with Gasteiger partial charge in [-0.25, -0.2) is 4.98 Å². The van der Waals surface area contributed by atoms with Gasteiger partial charge in [-0.2, -0.15) is 0 Å². The maximum Gasteiger partial charge on any atom is 0.307 e. The van der Waals surface area contributed by atoms with Gasteiger partial charge in [0.05, 0.1) is 23.6 Å². The Kier molecular flexibility index (Phi) is 6.37. The van der Waals surface area contributed by atoms with E-state index in [0.717, 1.165) is 46.8 Å². The summed E-state index contributed by atoms with van der Waals surface area (Å²) in [4.78, 5) is 16.1. The number of aliphatic carboxylic acids is 1. The topological polar surface area (TPSA) is 76.4 Å². The fourth-order valence-electron chi connectivity index (χ4n) is 5.40. The molecule has 33 heavy (non-hydrogen) atoms. The number of hydrogen-bond donors (Lipinski definition) is 2. The molecule has 0 bridgehead atoms. The predicted octanol–water partition coefficient (Wildman–Crippen LogP) is 6.58. The van der Waals surface area contributed by atoms with E-state index in [4.69, 9.17) is 9.72 Å². The SMILES string of the molecule is CC(C)Oc1ccc(Nc2nc3cc(CC(=O)O)ccc3n2C2C[C@@H](C)CC(C)(C)C2)cc1. The summed E-state index contributed by atoms with van der Waals surface area (Å²) in [5.74, 6) is 1.43. The number of imidazole rings is 1. The second-order valence-corrected chi connectivity index (χ2v) is 10.6. The molecule has 1 unspecified atom stereocenters. The number of hydrogen-bond acceptors (Lipinski definition) is 4. The van der Waals surface area contributed by atoms with Gasteiger partial charge in [-0.05, 0) is 86.4 Å². The van der Waals surface area contributed by atoms with Crippen LogP contribution in [0.1, 0.15) is 65.5 Å². The van der Waals surface area contributed by atoms with Crippen molar-refractivity contribution in [3.05, 3.63) is 48.0 Å². The van der Waals surface area contributed by atoms with Crippen LogP contribution in [0.25, 0.3) is 11.0 Å². The quantitative estimate of drug-likeness (QED) is 0.426. The summed E-state index contributed by atoms with van der Waals surface area (Å²) in [5.41, 5.74) is 3.83. The van der Waals surface area contributed by atoms with Crippen LogP contribution in [-0.4, -0.2) is 26.7 Å². The van der Waals surface area contributed by atoms with E-state index < -0.39 is 5.97 Å². The molecule has 1 saturated carbocycles. The molecule has 0 spiro atoms. The Labute approximate surface area is 196 Å². The lowest BCUT2D eigenvalue weighted by molar-refractivity contribution is -0.136. The molecule has 1 aromatic heterocycles. The number of nitrogens with one attached hydrogen (secondary N) is 1. The zero-order chi connectivity index (χ0) is 23.8. The molecule has 1 heterocycles. The first-order valence-electron chi connectivity index (χ1n) is 11.9. The number of fused-ring (bicyclic) bond motifs is 1. The highest BCUT2D eigenvalue weighted by Gasteiger charge is 2.34. The summed E-state index contributed by atoms with van der Waals surface area (Å²) in [5, 5.41) is 12.7. The molecule has 0 saturated heterocycles. The van der Waals surface area contributed by atoms with E-state index in [2.05, 4.69) is 30.7 Å². The van der Waals surface area contributed by atoms with Gasteiger partial charge in [0, 0.05) is 11.7 Å². The first-order chi connectivity index (χ1) is 15.6. The van der Waals surface area contributed by atoms with E-state index >= 15 is 0 Å². The summed E-state index contributed by atoms with van der Waals surface area (Å²) >= 11 is 0. The molecule has 6 heteroatoms. The Bertz CT molecular complexity index is 1130. The van der Waals surface area contributed by atoms with Crippen molar-refractivity contribution in [3.8, 4) is 5.75 Å². The van der Waals surface area contributed by atoms with E-state index in [-0.39, 0.29) is 17.9 Å². The van der Waals surface area contributed by atoms with E-state index in [0.29, 0.717) is 12.0 Å². The average molecular weight is 450 g/mol. The van der Waals surface area contributed by atoms with Crippen molar-refractivity contribution >= 4 is 28.6 Å². The van der Waals surface area contributed by atoms with Gasteiger partial charge in [0.25, 0.3) is 0 Å². The predicted molar refractivity (Wildman–Crippen MR) is 132 cm³/mol. The van der Waals surface area contributed by atoms with Crippen LogP contribution in [0.2, 0.25) is 0 Å². The number of nitrogens with zero attached hydrogens (tertiary/aromatic N) is 2. The van der Waals surface area contributed by atoms with Gasteiger partial charge >= 0.3 is 5.97 Å². The van der Waals surface area contributed by atoms with Crippen LogP contribution < -0.4 is 10.1 Å². The highest BCUT2D eigenvalue weighted by atomic mass is 16.5. The molecule has 3 aromatic rings. The van der Waals surface area contributed by atoms with Gasteiger partial charge in [-0.3, -0.25) is 4.79 Å². The largest absolute Gasteiger partial charge is 0.491 e. The Morgan fingerprint density at radius 3 is 2.58 bits per heavy atom. The number of rotatable bonds is 7. The molecule has 4 rings (SSSR count). The van der Waals surface area contributed by atoms with Crippen molar-refractivity contribution in [3.63, 3.8) is 0 Å². The maximum atomic E-state index is 11.2. The molecule has 0 radical (unpaired) electrons. The Morgan fingerprint density at radius 1 is 1.21 bits per heavy atom. The van der Waals surface area contributed by atoms with Gasteiger partial charge in [-0.1, -0.05) is 26.8 Å². The van der Waals surface area contributed by atoms with Gasteiger partial charge in [0.1, 0.15) is 5.75 Å². The van der Waals surface area contributed by atoms with Crippen molar-refractivity contribution in [2.45, 2.75) is 72.4 Å². The molecular formula is C27H35N3O3. The fraction of sp³-hybridized carbons (Fsp3) is 0.481. The molecule has 1 aliphatic carbocycles. The van der Waals surface area contributed by atoms with E-state index in [1.165, 1.54) is 6.42 Å². The molecule has 176 valence electrons. The van der Waals surface area contributed by atoms with Crippen LogP contribution in [0, 0.1) is 11.3 Å². The summed E-state index contributed by atoms with van der Waals surface area (Å²) in [6, 6.07) is 14.1. The minimum absolute atomic E-state index is 0.00360. The Morgan fingerprint density at radius 2 is 1.94 bits per heavy atom. The van der Waals surface area contributed by atoms with E-state index in [1.807, 2.05) is 56.3 Å². The van der Waals surface area contributed by atoms with Crippen LogP contribution in [0.15, 0.2) is 42.5 Å². The van der Waals surface area contributed by atoms with Gasteiger partial charge < -0.3 is 19.7 Å². The summed E-state index contributed by atoms with van der Waals surface area (Å²) in [6.07, 6.45) is 3.52. The van der Waals surface area contributed by atoms with Crippen molar-refractivity contribution in [2.75, 3.05) is 5.32 Å². The normalized spacial score (nSPS) is 20.2. The molecule has 0 amide bonds. The zero-order valence-corrected chi connectivity index (χ0v) is 20.3. The molecule has 6 nitrogen and oxygen atoms in total. The number of anilines is 2. The number of benzene rings is 2. The van der Waals surface area contributed by atoms with Crippen LogP contribution in [0.5, 0.6) is 5.75 Å². The number of aromatic nitrogens is 2.